The van der Waals surface area contributed by atoms with Gasteiger partial charge in [-0.2, -0.15) is 0 Å². The fourth-order valence-electron chi connectivity index (χ4n) is 5.22. The van der Waals surface area contributed by atoms with Gasteiger partial charge in [-0.15, -0.1) is 0 Å². The first-order valence-electron chi connectivity index (χ1n) is 10.4. The Bertz CT molecular complexity index is 439. The Morgan fingerprint density at radius 1 is 0.760 bits per heavy atom. The van der Waals surface area contributed by atoms with Crippen molar-refractivity contribution in [3.8, 4) is 0 Å². The first-order chi connectivity index (χ1) is 12.0. The highest BCUT2D eigenvalue weighted by Gasteiger charge is 2.41. The molecule has 0 aromatic carbocycles. The summed E-state index contributed by atoms with van der Waals surface area (Å²) in [6.45, 7) is 4.07. The standard InChI is InChI=1S/C21H34F2O2/c1-13-3-6-15(7-4-13)16-8-10-17(11-9-16)21(24)25-18-12-5-14(2)19(22)20(18)23/h13-20H,3-12H2,1-2H3/t13?,14-,15?,16?,17?,18?,19?,20?/m1/s1. The van der Waals surface area contributed by atoms with Crippen LogP contribution in [0.5, 0.6) is 0 Å². The molecule has 0 N–H and O–H groups in total. The minimum absolute atomic E-state index is 0.108. The van der Waals surface area contributed by atoms with E-state index in [-0.39, 0.29) is 17.8 Å². The summed E-state index contributed by atoms with van der Waals surface area (Å²) >= 11 is 0. The van der Waals surface area contributed by atoms with Gasteiger partial charge < -0.3 is 4.74 Å². The van der Waals surface area contributed by atoms with Crippen molar-refractivity contribution < 1.29 is 18.3 Å². The normalized spacial score (nSPS) is 45.8. The van der Waals surface area contributed by atoms with Crippen molar-refractivity contribution in [2.24, 2.45) is 29.6 Å². The van der Waals surface area contributed by atoms with Gasteiger partial charge in [-0.05, 0) is 75.0 Å². The van der Waals surface area contributed by atoms with E-state index >= 15 is 0 Å². The van der Waals surface area contributed by atoms with E-state index in [4.69, 9.17) is 4.74 Å². The number of ether oxygens (including phenoxy) is 1. The predicted octanol–water partition coefficient (Wildman–Crippen LogP) is 5.64. The third kappa shape index (κ3) is 4.54. The van der Waals surface area contributed by atoms with E-state index in [1.165, 1.54) is 25.7 Å². The SMILES string of the molecule is CC1CCC(C2CCC(C(=O)OC3CC[C@@H](C)C(F)C3F)CC2)CC1. The number of alkyl halides is 2. The van der Waals surface area contributed by atoms with E-state index in [9.17, 15) is 13.6 Å². The summed E-state index contributed by atoms with van der Waals surface area (Å²) in [6, 6.07) is 0. The second-order valence-corrected chi connectivity index (χ2v) is 9.05. The lowest BCUT2D eigenvalue weighted by molar-refractivity contribution is -0.164. The molecule has 0 spiro atoms. The van der Waals surface area contributed by atoms with Gasteiger partial charge in [0.25, 0.3) is 0 Å². The number of hydrogen-bond acceptors (Lipinski definition) is 2. The highest BCUT2D eigenvalue weighted by molar-refractivity contribution is 5.72. The van der Waals surface area contributed by atoms with Gasteiger partial charge in [-0.25, -0.2) is 8.78 Å². The average Bonchev–Trinajstić information content (AvgIpc) is 2.63. The molecule has 25 heavy (non-hydrogen) atoms. The Morgan fingerprint density at radius 3 is 1.92 bits per heavy atom. The average molecular weight is 356 g/mol. The lowest BCUT2D eigenvalue weighted by Crippen LogP contribution is -2.43. The first kappa shape index (κ1) is 19.1. The lowest BCUT2D eigenvalue weighted by atomic mass is 9.69. The molecule has 0 bridgehead atoms. The number of halogens is 2. The summed E-state index contributed by atoms with van der Waals surface area (Å²) in [5.41, 5.74) is 0. The zero-order valence-electron chi connectivity index (χ0n) is 15.8. The van der Waals surface area contributed by atoms with Crippen LogP contribution in [0, 0.1) is 29.6 Å². The molecule has 0 radical (unpaired) electrons. The Kier molecular flexibility index (Phi) is 6.38. The molecule has 0 heterocycles. The van der Waals surface area contributed by atoms with E-state index in [0.717, 1.165) is 43.4 Å². The third-order valence-corrected chi connectivity index (χ3v) is 7.21. The van der Waals surface area contributed by atoms with Crippen LogP contribution in [0.1, 0.15) is 78.1 Å². The molecule has 3 unspecified atom stereocenters. The van der Waals surface area contributed by atoms with E-state index < -0.39 is 18.4 Å². The van der Waals surface area contributed by atoms with Gasteiger partial charge in [0.15, 0.2) is 6.17 Å². The highest BCUT2D eigenvalue weighted by Crippen LogP contribution is 2.42. The Hall–Kier alpha value is -0.670. The van der Waals surface area contributed by atoms with Crippen LogP contribution in [0.25, 0.3) is 0 Å². The smallest absolute Gasteiger partial charge is 0.309 e. The molecule has 3 aliphatic carbocycles. The summed E-state index contributed by atoms with van der Waals surface area (Å²) in [5.74, 6) is 1.77. The van der Waals surface area contributed by atoms with Gasteiger partial charge >= 0.3 is 5.97 Å². The van der Waals surface area contributed by atoms with Crippen molar-refractivity contribution >= 4 is 5.97 Å². The molecule has 4 atom stereocenters. The quantitative estimate of drug-likeness (QED) is 0.612. The molecule has 3 fully saturated rings. The van der Waals surface area contributed by atoms with Gasteiger partial charge in [0, 0.05) is 0 Å². The summed E-state index contributed by atoms with van der Waals surface area (Å²) in [7, 11) is 0. The van der Waals surface area contributed by atoms with E-state index in [0.29, 0.717) is 12.8 Å². The lowest BCUT2D eigenvalue weighted by Gasteiger charge is -2.37. The van der Waals surface area contributed by atoms with Crippen LogP contribution in [-0.4, -0.2) is 24.4 Å². The van der Waals surface area contributed by atoms with Crippen molar-refractivity contribution in [2.45, 2.75) is 96.5 Å². The van der Waals surface area contributed by atoms with Crippen LogP contribution in [0.4, 0.5) is 8.78 Å². The number of hydrogen-bond donors (Lipinski definition) is 0. The Morgan fingerprint density at radius 2 is 1.32 bits per heavy atom. The fraction of sp³-hybridized carbons (Fsp3) is 0.952. The number of rotatable bonds is 3. The third-order valence-electron chi connectivity index (χ3n) is 7.21. The minimum atomic E-state index is -1.66. The monoisotopic (exact) mass is 356 g/mol. The molecule has 0 aliphatic heterocycles. The van der Waals surface area contributed by atoms with Crippen molar-refractivity contribution in [2.75, 3.05) is 0 Å². The molecule has 4 heteroatoms. The molecule has 0 aromatic heterocycles. The van der Waals surface area contributed by atoms with Gasteiger partial charge in [-0.3, -0.25) is 4.79 Å². The highest BCUT2D eigenvalue weighted by atomic mass is 19.2. The zero-order chi connectivity index (χ0) is 18.0. The number of carbonyl (C=O) groups is 1. The predicted molar refractivity (Wildman–Crippen MR) is 94.6 cm³/mol. The van der Waals surface area contributed by atoms with Gasteiger partial charge in [0.2, 0.25) is 0 Å². The van der Waals surface area contributed by atoms with Crippen molar-refractivity contribution in [1.29, 1.82) is 0 Å². The van der Waals surface area contributed by atoms with Crippen molar-refractivity contribution in [3.63, 3.8) is 0 Å². The molecular weight excluding hydrogens is 322 g/mol. The largest absolute Gasteiger partial charge is 0.459 e. The Balaban J connectivity index is 1.44. The van der Waals surface area contributed by atoms with Crippen LogP contribution < -0.4 is 0 Å². The Labute approximate surface area is 151 Å². The molecule has 2 nitrogen and oxygen atoms in total. The molecule has 0 amide bonds. The summed E-state index contributed by atoms with van der Waals surface area (Å²) in [5, 5.41) is 0. The van der Waals surface area contributed by atoms with Crippen molar-refractivity contribution in [3.05, 3.63) is 0 Å². The topological polar surface area (TPSA) is 26.3 Å². The molecular formula is C21H34F2O2. The van der Waals surface area contributed by atoms with E-state index in [1.807, 2.05) is 0 Å². The maximum Gasteiger partial charge on any atom is 0.309 e. The maximum absolute atomic E-state index is 14.1. The molecule has 3 rings (SSSR count). The van der Waals surface area contributed by atoms with Crippen LogP contribution in [0.2, 0.25) is 0 Å². The second-order valence-electron chi connectivity index (χ2n) is 9.05. The van der Waals surface area contributed by atoms with Crippen molar-refractivity contribution in [1.82, 2.24) is 0 Å². The van der Waals surface area contributed by atoms with Gasteiger partial charge in [0.05, 0.1) is 5.92 Å². The molecule has 0 saturated heterocycles. The summed E-state index contributed by atoms with van der Waals surface area (Å²) in [4.78, 5) is 12.4. The zero-order valence-corrected chi connectivity index (χ0v) is 15.8. The van der Waals surface area contributed by atoms with E-state index in [2.05, 4.69) is 6.92 Å². The summed E-state index contributed by atoms with van der Waals surface area (Å²) in [6.07, 6.45) is 6.24. The van der Waals surface area contributed by atoms with E-state index in [1.54, 1.807) is 6.92 Å². The molecule has 3 saturated carbocycles. The summed E-state index contributed by atoms with van der Waals surface area (Å²) < 4.78 is 33.3. The van der Waals surface area contributed by atoms with Gasteiger partial charge in [0.1, 0.15) is 12.3 Å². The fourth-order valence-corrected chi connectivity index (χ4v) is 5.22. The van der Waals surface area contributed by atoms with Gasteiger partial charge in [-0.1, -0.05) is 26.7 Å². The number of esters is 1. The minimum Gasteiger partial charge on any atom is -0.459 e. The van der Waals surface area contributed by atoms with Crippen LogP contribution in [-0.2, 0) is 9.53 Å². The molecule has 0 aromatic rings. The first-order valence-corrected chi connectivity index (χ1v) is 10.4. The second kappa shape index (κ2) is 8.35. The number of carbonyl (C=O) groups excluding carboxylic acids is 1. The molecule has 144 valence electrons. The van der Waals surface area contributed by atoms with Crippen LogP contribution in [0.3, 0.4) is 0 Å². The van der Waals surface area contributed by atoms with Crippen LogP contribution in [0.15, 0.2) is 0 Å². The molecule has 3 aliphatic rings. The maximum atomic E-state index is 14.1. The van der Waals surface area contributed by atoms with Crippen LogP contribution >= 0.6 is 0 Å².